The number of carbonyl (C=O) groups is 1. The molecule has 1 saturated carbocycles. The summed E-state index contributed by atoms with van der Waals surface area (Å²) < 4.78 is 2.08. The van der Waals surface area contributed by atoms with Crippen LogP contribution in [0.5, 0.6) is 0 Å². The second-order valence-corrected chi connectivity index (χ2v) is 5.90. The van der Waals surface area contributed by atoms with Crippen molar-refractivity contribution in [2.24, 2.45) is 0 Å². The van der Waals surface area contributed by atoms with Gasteiger partial charge in [0.2, 0.25) is 0 Å². The van der Waals surface area contributed by atoms with Gasteiger partial charge in [0.25, 0.3) is 0 Å². The van der Waals surface area contributed by atoms with Gasteiger partial charge in [-0.05, 0) is 32.8 Å². The van der Waals surface area contributed by atoms with Crippen molar-refractivity contribution in [2.75, 3.05) is 5.75 Å². The average Bonchev–Trinajstić information content (AvgIpc) is 3.01. The van der Waals surface area contributed by atoms with E-state index >= 15 is 0 Å². The quantitative estimate of drug-likeness (QED) is 0.673. The topological polar surface area (TPSA) is 63.6 Å². The van der Waals surface area contributed by atoms with Crippen LogP contribution in [0.1, 0.15) is 40.6 Å². The number of Topliss-reactive ketones (excluding diaryl/α,β-unsaturated/α-hetero) is 1. The summed E-state index contributed by atoms with van der Waals surface area (Å²) in [7, 11) is 0. The normalized spacial score (nSPS) is 14.8. The first kappa shape index (κ1) is 12.5. The lowest BCUT2D eigenvalue weighted by atomic mass is 10.2. The molecular formula is C13H16N4OS. The highest BCUT2D eigenvalue weighted by Crippen LogP contribution is 2.37. The molecule has 1 fully saturated rings. The van der Waals surface area contributed by atoms with Crippen LogP contribution in [0.3, 0.4) is 0 Å². The number of thioether (sulfide) groups is 1. The van der Waals surface area contributed by atoms with E-state index in [1.54, 1.807) is 6.33 Å². The van der Waals surface area contributed by atoms with E-state index in [1.165, 1.54) is 24.6 Å². The molecule has 0 saturated heterocycles. The van der Waals surface area contributed by atoms with E-state index < -0.39 is 0 Å². The van der Waals surface area contributed by atoms with E-state index in [0.29, 0.717) is 11.8 Å². The molecule has 0 bridgehead atoms. The first-order valence-electron chi connectivity index (χ1n) is 6.37. The lowest BCUT2D eigenvalue weighted by Gasteiger charge is -2.03. The molecule has 0 amide bonds. The van der Waals surface area contributed by atoms with Crippen LogP contribution in [0.2, 0.25) is 0 Å². The third kappa shape index (κ3) is 2.58. The molecule has 0 aromatic carbocycles. The van der Waals surface area contributed by atoms with Crippen molar-refractivity contribution in [2.45, 2.75) is 37.9 Å². The molecule has 2 heterocycles. The summed E-state index contributed by atoms with van der Waals surface area (Å²) in [4.78, 5) is 15.3. The molecule has 0 unspecified atom stereocenters. The van der Waals surface area contributed by atoms with Gasteiger partial charge in [-0.1, -0.05) is 11.8 Å². The summed E-state index contributed by atoms with van der Waals surface area (Å²) in [6, 6.07) is 2.45. The minimum Gasteiger partial charge on any atom is -0.362 e. The fourth-order valence-corrected chi connectivity index (χ4v) is 3.03. The van der Waals surface area contributed by atoms with E-state index in [4.69, 9.17) is 0 Å². The summed E-state index contributed by atoms with van der Waals surface area (Å²) in [6.45, 7) is 3.89. The van der Waals surface area contributed by atoms with Gasteiger partial charge in [0, 0.05) is 23.0 Å². The number of H-pyrrole nitrogens is 1. The number of ketones is 1. The van der Waals surface area contributed by atoms with Crippen LogP contribution in [0, 0.1) is 13.8 Å². The summed E-state index contributed by atoms with van der Waals surface area (Å²) in [5.74, 6) is 0.543. The Kier molecular flexibility index (Phi) is 3.18. The Labute approximate surface area is 115 Å². The molecule has 0 radical (unpaired) electrons. The number of aromatic amines is 1. The number of hydrogen-bond acceptors (Lipinski definition) is 4. The minimum atomic E-state index is 0.136. The summed E-state index contributed by atoms with van der Waals surface area (Å²) in [6.07, 6.45) is 4.14. The molecule has 19 heavy (non-hydrogen) atoms. The molecule has 6 heteroatoms. The van der Waals surface area contributed by atoms with Gasteiger partial charge in [0.1, 0.15) is 6.33 Å². The van der Waals surface area contributed by atoms with Gasteiger partial charge in [-0.25, -0.2) is 0 Å². The fraction of sp³-hybridized carbons (Fsp3) is 0.462. The standard InChI is InChI=1S/C13H16N4OS/c1-8-5-11(9(2)15-8)12(18)6-19-13-16-14-7-17(13)10-3-4-10/h5,7,10,15H,3-4,6H2,1-2H3. The third-order valence-corrected chi connectivity index (χ3v) is 4.22. The van der Waals surface area contributed by atoms with Crippen molar-refractivity contribution < 1.29 is 4.79 Å². The predicted molar refractivity (Wildman–Crippen MR) is 73.6 cm³/mol. The minimum absolute atomic E-state index is 0.136. The van der Waals surface area contributed by atoms with E-state index in [2.05, 4.69) is 19.7 Å². The van der Waals surface area contributed by atoms with Crippen molar-refractivity contribution in [3.63, 3.8) is 0 Å². The molecule has 2 aromatic rings. The van der Waals surface area contributed by atoms with Gasteiger partial charge in [-0.15, -0.1) is 10.2 Å². The van der Waals surface area contributed by atoms with Crippen LogP contribution >= 0.6 is 11.8 Å². The Balaban J connectivity index is 1.67. The molecule has 2 aromatic heterocycles. The highest BCUT2D eigenvalue weighted by atomic mass is 32.2. The van der Waals surface area contributed by atoms with Crippen LogP contribution in [-0.4, -0.2) is 31.3 Å². The van der Waals surface area contributed by atoms with Crippen LogP contribution in [0.25, 0.3) is 0 Å². The Hall–Kier alpha value is -1.56. The van der Waals surface area contributed by atoms with Gasteiger partial charge in [0.15, 0.2) is 10.9 Å². The number of aryl methyl sites for hydroxylation is 2. The zero-order chi connectivity index (χ0) is 13.4. The van der Waals surface area contributed by atoms with E-state index in [-0.39, 0.29) is 5.78 Å². The van der Waals surface area contributed by atoms with Crippen LogP contribution in [0.4, 0.5) is 0 Å². The molecule has 0 atom stereocenters. The van der Waals surface area contributed by atoms with Crippen LogP contribution < -0.4 is 0 Å². The van der Waals surface area contributed by atoms with Gasteiger partial charge in [-0.2, -0.15) is 0 Å². The van der Waals surface area contributed by atoms with Crippen molar-refractivity contribution in [1.82, 2.24) is 19.7 Å². The number of aromatic nitrogens is 4. The monoisotopic (exact) mass is 276 g/mol. The maximum absolute atomic E-state index is 12.2. The molecule has 1 N–H and O–H groups in total. The number of nitrogens with one attached hydrogen (secondary N) is 1. The van der Waals surface area contributed by atoms with Crippen molar-refractivity contribution in [3.05, 3.63) is 29.3 Å². The maximum Gasteiger partial charge on any atom is 0.191 e. The first-order valence-corrected chi connectivity index (χ1v) is 7.35. The molecule has 1 aliphatic carbocycles. The third-order valence-electron chi connectivity index (χ3n) is 3.26. The molecule has 3 rings (SSSR count). The first-order chi connectivity index (χ1) is 9.15. The highest BCUT2D eigenvalue weighted by Gasteiger charge is 2.26. The van der Waals surface area contributed by atoms with Gasteiger partial charge in [0.05, 0.1) is 5.75 Å². The Morgan fingerprint density at radius 2 is 2.32 bits per heavy atom. The number of hydrogen-bond donors (Lipinski definition) is 1. The summed E-state index contributed by atoms with van der Waals surface area (Å²) in [5.41, 5.74) is 2.74. The largest absolute Gasteiger partial charge is 0.362 e. The van der Waals surface area contributed by atoms with Gasteiger partial charge >= 0.3 is 0 Å². The van der Waals surface area contributed by atoms with Crippen molar-refractivity contribution in [1.29, 1.82) is 0 Å². The van der Waals surface area contributed by atoms with E-state index in [0.717, 1.165) is 22.1 Å². The van der Waals surface area contributed by atoms with E-state index in [9.17, 15) is 4.79 Å². The van der Waals surface area contributed by atoms with Crippen molar-refractivity contribution >= 4 is 17.5 Å². The second kappa shape index (κ2) is 4.85. The molecule has 1 aliphatic rings. The number of nitrogens with zero attached hydrogens (tertiary/aromatic N) is 3. The molecule has 0 aliphatic heterocycles. The number of carbonyl (C=O) groups excluding carboxylic acids is 1. The molecule has 100 valence electrons. The van der Waals surface area contributed by atoms with E-state index in [1.807, 2.05) is 19.9 Å². The lowest BCUT2D eigenvalue weighted by Crippen LogP contribution is -2.04. The van der Waals surface area contributed by atoms with Crippen LogP contribution in [0.15, 0.2) is 17.6 Å². The summed E-state index contributed by atoms with van der Waals surface area (Å²) in [5, 5.41) is 8.86. The highest BCUT2D eigenvalue weighted by molar-refractivity contribution is 7.99. The Bertz CT molecular complexity index is 612. The Morgan fingerprint density at radius 3 is 2.95 bits per heavy atom. The second-order valence-electron chi connectivity index (χ2n) is 4.95. The zero-order valence-electron chi connectivity index (χ0n) is 11.0. The van der Waals surface area contributed by atoms with Crippen molar-refractivity contribution in [3.8, 4) is 0 Å². The maximum atomic E-state index is 12.2. The lowest BCUT2D eigenvalue weighted by molar-refractivity contribution is 0.102. The summed E-state index contributed by atoms with van der Waals surface area (Å²) >= 11 is 1.47. The fourth-order valence-electron chi connectivity index (χ4n) is 2.16. The van der Waals surface area contributed by atoms with Gasteiger partial charge < -0.3 is 9.55 Å². The SMILES string of the molecule is Cc1cc(C(=O)CSc2nncn2C2CC2)c(C)[nH]1. The molecule has 5 nitrogen and oxygen atoms in total. The van der Waals surface area contributed by atoms with Crippen LogP contribution in [-0.2, 0) is 0 Å². The Morgan fingerprint density at radius 1 is 1.53 bits per heavy atom. The van der Waals surface area contributed by atoms with Gasteiger partial charge in [-0.3, -0.25) is 4.79 Å². The predicted octanol–water partition coefficient (Wildman–Crippen LogP) is 2.53. The zero-order valence-corrected chi connectivity index (χ0v) is 11.8. The number of rotatable bonds is 5. The molecule has 0 spiro atoms. The average molecular weight is 276 g/mol. The molecular weight excluding hydrogens is 260 g/mol. The smallest absolute Gasteiger partial charge is 0.191 e.